The molecule has 1 unspecified atom stereocenters. The maximum atomic E-state index is 12.9. The van der Waals surface area contributed by atoms with E-state index in [0.717, 1.165) is 31.5 Å². The van der Waals surface area contributed by atoms with Gasteiger partial charge in [0.15, 0.2) is 0 Å². The summed E-state index contributed by atoms with van der Waals surface area (Å²) in [4.78, 5) is 28.4. The summed E-state index contributed by atoms with van der Waals surface area (Å²) in [5.74, 6) is 0.832. The number of aliphatic hydroxyl groups excluding tert-OH is 1. The minimum atomic E-state index is -0.768. The number of carbonyl (C=O) groups is 1. The molecule has 1 atom stereocenters. The monoisotopic (exact) mass is 407 g/mol. The maximum absolute atomic E-state index is 12.9. The number of amides is 1. The van der Waals surface area contributed by atoms with Gasteiger partial charge in [-0.15, -0.1) is 0 Å². The molecule has 0 aliphatic carbocycles. The zero-order chi connectivity index (χ0) is 20.8. The van der Waals surface area contributed by atoms with E-state index in [2.05, 4.69) is 20.2 Å². The minimum Gasteiger partial charge on any atom is -0.467 e. The molecule has 30 heavy (non-hydrogen) atoms. The molecule has 8 nitrogen and oxygen atoms in total. The summed E-state index contributed by atoms with van der Waals surface area (Å²) in [7, 11) is 0. The van der Waals surface area contributed by atoms with Gasteiger partial charge in [0.2, 0.25) is 5.95 Å². The van der Waals surface area contributed by atoms with E-state index in [1.54, 1.807) is 30.7 Å². The summed E-state index contributed by atoms with van der Waals surface area (Å²) in [6.07, 6.45) is 9.50. The van der Waals surface area contributed by atoms with Gasteiger partial charge in [-0.05, 0) is 49.9 Å². The van der Waals surface area contributed by atoms with Gasteiger partial charge in [0, 0.05) is 43.8 Å². The van der Waals surface area contributed by atoms with Crippen LogP contribution >= 0.6 is 0 Å². The molecule has 4 rings (SSSR count). The van der Waals surface area contributed by atoms with Gasteiger partial charge >= 0.3 is 0 Å². The highest BCUT2D eigenvalue weighted by Gasteiger charge is 2.20. The Kier molecular flexibility index (Phi) is 6.34. The third-order valence-corrected chi connectivity index (χ3v) is 5.17. The van der Waals surface area contributed by atoms with E-state index in [4.69, 9.17) is 9.40 Å². The van der Waals surface area contributed by atoms with Gasteiger partial charge < -0.3 is 19.7 Å². The quantitative estimate of drug-likeness (QED) is 0.620. The van der Waals surface area contributed by atoms with Crippen molar-refractivity contribution < 1.29 is 14.3 Å². The Morgan fingerprint density at radius 1 is 1.20 bits per heavy atom. The van der Waals surface area contributed by atoms with E-state index in [0.29, 0.717) is 35.9 Å². The van der Waals surface area contributed by atoms with E-state index in [9.17, 15) is 9.90 Å². The first-order valence-electron chi connectivity index (χ1n) is 10.2. The summed E-state index contributed by atoms with van der Waals surface area (Å²) in [5, 5.41) is 13.0. The molecule has 1 saturated heterocycles. The largest absolute Gasteiger partial charge is 0.467 e. The van der Waals surface area contributed by atoms with Crippen LogP contribution in [0.3, 0.4) is 0 Å². The van der Waals surface area contributed by atoms with Gasteiger partial charge in [0.25, 0.3) is 5.91 Å². The second-order valence-electron chi connectivity index (χ2n) is 7.30. The van der Waals surface area contributed by atoms with Crippen LogP contribution in [0.2, 0.25) is 0 Å². The molecule has 2 N–H and O–H groups in total. The average Bonchev–Trinajstić information content (AvgIpc) is 3.35. The summed E-state index contributed by atoms with van der Waals surface area (Å²) in [5.41, 5.74) is 1.71. The van der Waals surface area contributed by atoms with E-state index in [-0.39, 0.29) is 5.91 Å². The molecule has 0 saturated carbocycles. The van der Waals surface area contributed by atoms with Gasteiger partial charge in [-0.1, -0.05) is 0 Å². The first-order valence-corrected chi connectivity index (χ1v) is 10.2. The number of piperidine rings is 1. The molecule has 1 amide bonds. The highest BCUT2D eigenvalue weighted by molar-refractivity contribution is 5.99. The SMILES string of the molecule is O=C(NCCC(O)c1ccco1)c1cnc(N2CCCCC2)nc1-c1cccnc1. The minimum absolute atomic E-state index is 0.286. The highest BCUT2D eigenvalue weighted by atomic mass is 16.4. The normalized spacial score (nSPS) is 15.0. The fourth-order valence-electron chi connectivity index (χ4n) is 3.55. The maximum Gasteiger partial charge on any atom is 0.255 e. The molecular weight excluding hydrogens is 382 g/mol. The van der Waals surface area contributed by atoms with Crippen LogP contribution in [0.15, 0.2) is 53.5 Å². The number of furan rings is 1. The zero-order valence-electron chi connectivity index (χ0n) is 16.7. The van der Waals surface area contributed by atoms with Crippen LogP contribution in [-0.4, -0.2) is 45.6 Å². The zero-order valence-corrected chi connectivity index (χ0v) is 16.7. The Bertz CT molecular complexity index is 956. The van der Waals surface area contributed by atoms with Crippen molar-refractivity contribution in [2.24, 2.45) is 0 Å². The van der Waals surface area contributed by atoms with E-state index < -0.39 is 6.10 Å². The van der Waals surface area contributed by atoms with Gasteiger partial charge in [-0.2, -0.15) is 0 Å². The van der Waals surface area contributed by atoms with Crippen LogP contribution in [0.25, 0.3) is 11.3 Å². The van der Waals surface area contributed by atoms with Crippen molar-refractivity contribution in [3.8, 4) is 11.3 Å². The number of nitrogens with zero attached hydrogens (tertiary/aromatic N) is 4. The lowest BCUT2D eigenvalue weighted by Gasteiger charge is -2.27. The summed E-state index contributed by atoms with van der Waals surface area (Å²) in [6, 6.07) is 7.13. The third-order valence-electron chi connectivity index (χ3n) is 5.17. The fourth-order valence-corrected chi connectivity index (χ4v) is 3.55. The molecule has 3 aromatic rings. The second kappa shape index (κ2) is 9.49. The lowest BCUT2D eigenvalue weighted by atomic mass is 10.1. The average molecular weight is 407 g/mol. The number of hydrogen-bond donors (Lipinski definition) is 2. The van der Waals surface area contributed by atoms with Crippen molar-refractivity contribution in [1.29, 1.82) is 0 Å². The topological polar surface area (TPSA) is 104 Å². The number of carbonyl (C=O) groups excluding carboxylic acids is 1. The Hall–Kier alpha value is -3.26. The number of aliphatic hydroxyl groups is 1. The van der Waals surface area contributed by atoms with Crippen molar-refractivity contribution in [2.75, 3.05) is 24.5 Å². The summed E-state index contributed by atoms with van der Waals surface area (Å²) < 4.78 is 5.19. The smallest absolute Gasteiger partial charge is 0.255 e. The Labute approximate surface area is 175 Å². The lowest BCUT2D eigenvalue weighted by molar-refractivity contribution is 0.0936. The molecule has 0 spiro atoms. The lowest BCUT2D eigenvalue weighted by Crippen LogP contribution is -2.32. The Morgan fingerprint density at radius 2 is 2.07 bits per heavy atom. The summed E-state index contributed by atoms with van der Waals surface area (Å²) in [6.45, 7) is 2.13. The number of hydrogen-bond acceptors (Lipinski definition) is 7. The number of rotatable bonds is 7. The van der Waals surface area contributed by atoms with Crippen molar-refractivity contribution in [3.63, 3.8) is 0 Å². The van der Waals surface area contributed by atoms with Crippen molar-refractivity contribution in [2.45, 2.75) is 31.8 Å². The number of pyridine rings is 1. The summed E-state index contributed by atoms with van der Waals surface area (Å²) >= 11 is 0. The molecule has 1 aliphatic heterocycles. The fraction of sp³-hybridized carbons (Fsp3) is 0.364. The molecule has 0 radical (unpaired) electrons. The van der Waals surface area contributed by atoms with E-state index in [1.807, 2.05) is 12.1 Å². The van der Waals surface area contributed by atoms with Gasteiger partial charge in [0.05, 0.1) is 17.5 Å². The number of aromatic nitrogens is 3. The van der Waals surface area contributed by atoms with Crippen molar-refractivity contribution >= 4 is 11.9 Å². The third kappa shape index (κ3) is 4.65. The molecule has 3 aromatic heterocycles. The standard InChI is InChI=1S/C22H25N5O3/c28-18(19-7-5-13-30-19)8-10-24-21(29)17-15-25-22(27-11-2-1-3-12-27)26-20(17)16-6-4-9-23-14-16/h4-7,9,13-15,18,28H,1-3,8,10-12H2,(H,24,29). The number of nitrogens with one attached hydrogen (secondary N) is 1. The van der Waals surface area contributed by atoms with Crippen LogP contribution in [0.4, 0.5) is 5.95 Å². The van der Waals surface area contributed by atoms with E-state index >= 15 is 0 Å². The molecule has 156 valence electrons. The van der Waals surface area contributed by atoms with Gasteiger partial charge in [-0.3, -0.25) is 9.78 Å². The van der Waals surface area contributed by atoms with Crippen LogP contribution in [0, 0.1) is 0 Å². The van der Waals surface area contributed by atoms with Crippen LogP contribution < -0.4 is 10.2 Å². The first-order chi connectivity index (χ1) is 14.7. The van der Waals surface area contributed by atoms with Crippen LogP contribution in [0.1, 0.15) is 47.9 Å². The van der Waals surface area contributed by atoms with Gasteiger partial charge in [0.1, 0.15) is 11.9 Å². The van der Waals surface area contributed by atoms with Crippen LogP contribution in [0.5, 0.6) is 0 Å². The molecule has 0 bridgehead atoms. The molecule has 1 fully saturated rings. The highest BCUT2D eigenvalue weighted by Crippen LogP contribution is 2.24. The Morgan fingerprint density at radius 3 is 2.80 bits per heavy atom. The Balaban J connectivity index is 1.51. The molecule has 1 aliphatic rings. The first kappa shape index (κ1) is 20.0. The molecule has 8 heteroatoms. The predicted octanol–water partition coefficient (Wildman–Crippen LogP) is 2.98. The molecule has 4 heterocycles. The van der Waals surface area contributed by atoms with Gasteiger partial charge in [-0.25, -0.2) is 9.97 Å². The van der Waals surface area contributed by atoms with Crippen molar-refractivity contribution in [3.05, 3.63) is 60.4 Å². The predicted molar refractivity (Wildman–Crippen MR) is 112 cm³/mol. The second-order valence-corrected chi connectivity index (χ2v) is 7.30. The number of anilines is 1. The van der Waals surface area contributed by atoms with Crippen LogP contribution in [-0.2, 0) is 0 Å². The van der Waals surface area contributed by atoms with Crippen molar-refractivity contribution in [1.82, 2.24) is 20.3 Å². The van der Waals surface area contributed by atoms with E-state index in [1.165, 1.54) is 12.7 Å². The molecular formula is C22H25N5O3. The molecule has 0 aromatic carbocycles.